The van der Waals surface area contributed by atoms with Crippen LogP contribution in [0.4, 0.5) is 0 Å². The number of rotatable bonds is 9. The fraction of sp³-hybridized carbons (Fsp3) is 0.0444. The van der Waals surface area contributed by atoms with E-state index in [1.165, 1.54) is 0 Å². The van der Waals surface area contributed by atoms with Gasteiger partial charge in [0.15, 0.2) is 17.5 Å². The Morgan fingerprint density at radius 3 is 1.48 bits per heavy atom. The molecule has 0 saturated carbocycles. The highest BCUT2D eigenvalue weighted by atomic mass is 15.0. The number of hydrogen-bond donors (Lipinski definition) is 0. The minimum Gasteiger partial charge on any atom is -0.254 e. The van der Waals surface area contributed by atoms with Gasteiger partial charge < -0.3 is 0 Å². The van der Waals surface area contributed by atoms with E-state index >= 15 is 0 Å². The second kappa shape index (κ2) is 14.3. The summed E-state index contributed by atoms with van der Waals surface area (Å²) in [5.41, 5.74) is 12.4. The van der Waals surface area contributed by atoms with Gasteiger partial charge in [0, 0.05) is 39.2 Å². The maximum atomic E-state index is 5.04. The highest BCUT2D eigenvalue weighted by molar-refractivity contribution is 6.09. The largest absolute Gasteiger partial charge is 0.254 e. The summed E-state index contributed by atoms with van der Waals surface area (Å²) >= 11 is 0. The van der Waals surface area contributed by atoms with E-state index in [4.69, 9.17) is 19.9 Å². The van der Waals surface area contributed by atoms with Gasteiger partial charge in [-0.2, -0.15) is 0 Å². The topological polar surface area (TPSA) is 63.9 Å². The molecule has 0 aliphatic carbocycles. The molecule has 2 heterocycles. The van der Waals surface area contributed by atoms with E-state index in [9.17, 15) is 0 Å². The summed E-state index contributed by atoms with van der Waals surface area (Å²) in [5.74, 6) is 1.84. The minimum absolute atomic E-state index is 0.598. The first-order valence-electron chi connectivity index (χ1n) is 16.5. The van der Waals surface area contributed by atoms with E-state index in [0.717, 1.165) is 72.9 Å². The van der Waals surface area contributed by atoms with Crippen molar-refractivity contribution in [3.63, 3.8) is 0 Å². The number of pyridine rings is 1. The highest BCUT2D eigenvalue weighted by Crippen LogP contribution is 2.34. The van der Waals surface area contributed by atoms with Gasteiger partial charge in [-0.05, 0) is 72.5 Å². The fourth-order valence-electron chi connectivity index (χ4n) is 5.83. The van der Waals surface area contributed by atoms with Crippen LogP contribution >= 0.6 is 0 Å². The Kier molecular flexibility index (Phi) is 9.12. The molecule has 0 fully saturated rings. The molecule has 0 saturated heterocycles. The SMILES string of the molecule is C=CC(=NC(=C)C)c1ccc(-c2cc(-c3ccc(-c4cccc(C)n4)cc3)cc(-c3nc(-c4ccccc4)nc(-c4ccccc4)n3)c2)cc1. The lowest BCUT2D eigenvalue weighted by Crippen LogP contribution is -2.00. The van der Waals surface area contributed by atoms with E-state index < -0.39 is 0 Å². The van der Waals surface area contributed by atoms with E-state index in [1.54, 1.807) is 6.08 Å². The van der Waals surface area contributed by atoms with Gasteiger partial charge in [-0.15, -0.1) is 0 Å². The first kappa shape index (κ1) is 32.0. The maximum absolute atomic E-state index is 5.04. The second-order valence-corrected chi connectivity index (χ2v) is 12.1. The molecule has 0 amide bonds. The summed E-state index contributed by atoms with van der Waals surface area (Å²) in [4.78, 5) is 24.3. The summed E-state index contributed by atoms with van der Waals surface area (Å²) in [5, 5.41) is 0. The molecule has 5 aromatic carbocycles. The predicted octanol–water partition coefficient (Wildman–Crippen LogP) is 11.1. The molecule has 0 spiro atoms. The van der Waals surface area contributed by atoms with Crippen molar-refractivity contribution in [2.45, 2.75) is 13.8 Å². The molecule has 50 heavy (non-hydrogen) atoms. The number of aromatic nitrogens is 4. The zero-order valence-electron chi connectivity index (χ0n) is 28.1. The molecule has 0 aliphatic rings. The van der Waals surface area contributed by atoms with Crippen molar-refractivity contribution in [1.82, 2.24) is 19.9 Å². The van der Waals surface area contributed by atoms with E-state index in [2.05, 4.69) is 84.9 Å². The Labute approximate surface area is 293 Å². The zero-order chi connectivity index (χ0) is 34.5. The molecule has 0 bridgehead atoms. The number of allylic oxidation sites excluding steroid dienone is 2. The van der Waals surface area contributed by atoms with Crippen molar-refractivity contribution in [2.24, 2.45) is 4.99 Å². The molecule has 2 aromatic heterocycles. The first-order chi connectivity index (χ1) is 24.4. The average Bonchev–Trinajstić information content (AvgIpc) is 3.17. The Hall–Kier alpha value is -6.59. The molecule has 0 atom stereocenters. The lowest BCUT2D eigenvalue weighted by atomic mass is 9.94. The van der Waals surface area contributed by atoms with Crippen LogP contribution in [0.25, 0.3) is 67.7 Å². The van der Waals surface area contributed by atoms with Gasteiger partial charge in [0.2, 0.25) is 0 Å². The van der Waals surface area contributed by atoms with Crippen molar-refractivity contribution in [1.29, 1.82) is 0 Å². The van der Waals surface area contributed by atoms with Gasteiger partial charge in [-0.3, -0.25) is 9.98 Å². The quantitative estimate of drug-likeness (QED) is 0.147. The van der Waals surface area contributed by atoms with Crippen LogP contribution < -0.4 is 0 Å². The Morgan fingerprint density at radius 1 is 0.500 bits per heavy atom. The summed E-state index contributed by atoms with van der Waals surface area (Å²) in [7, 11) is 0. The number of aryl methyl sites for hydroxylation is 1. The summed E-state index contributed by atoms with van der Waals surface area (Å²) in [6.07, 6.45) is 1.76. The average molecular weight is 646 g/mol. The van der Waals surface area contributed by atoms with Crippen LogP contribution in [0.3, 0.4) is 0 Å². The number of aliphatic imine (C=N–C) groups is 1. The summed E-state index contributed by atoms with van der Waals surface area (Å²) in [6, 6.07) is 49.6. The van der Waals surface area contributed by atoms with Gasteiger partial charge >= 0.3 is 0 Å². The third kappa shape index (κ3) is 7.13. The lowest BCUT2D eigenvalue weighted by molar-refractivity contribution is 1.07. The Morgan fingerprint density at radius 2 is 0.980 bits per heavy atom. The number of hydrogen-bond acceptors (Lipinski definition) is 5. The standard InChI is InChI=1S/C45H35N5/c1-5-41(46-30(2)3)34-23-19-32(20-24-34)38-27-39(33-21-25-35(26-22-33)42-18-12-13-31(4)47-42)29-40(28-38)45-49-43(36-14-8-6-9-15-36)48-44(50-45)37-16-10-7-11-17-37/h5-29H,1-2H2,3-4H3. The van der Waals surface area contributed by atoms with Crippen LogP contribution in [-0.2, 0) is 0 Å². The van der Waals surface area contributed by atoms with Crippen LogP contribution in [0, 0.1) is 6.92 Å². The van der Waals surface area contributed by atoms with Crippen molar-refractivity contribution >= 4 is 5.71 Å². The Bertz CT molecular complexity index is 2280. The normalized spacial score (nSPS) is 11.3. The monoisotopic (exact) mass is 645 g/mol. The van der Waals surface area contributed by atoms with Crippen molar-refractivity contribution in [2.75, 3.05) is 0 Å². The van der Waals surface area contributed by atoms with Gasteiger partial charge in [-0.1, -0.05) is 128 Å². The molecule has 0 unspecified atom stereocenters. The van der Waals surface area contributed by atoms with Crippen molar-refractivity contribution in [3.05, 3.63) is 182 Å². The first-order valence-corrected chi connectivity index (χ1v) is 16.5. The van der Waals surface area contributed by atoms with Crippen molar-refractivity contribution in [3.8, 4) is 67.7 Å². The Balaban J connectivity index is 1.38. The third-order valence-electron chi connectivity index (χ3n) is 8.31. The number of nitrogens with zero attached hydrogens (tertiary/aromatic N) is 5. The van der Waals surface area contributed by atoms with Gasteiger partial charge in [0.1, 0.15) is 0 Å². The third-order valence-corrected chi connectivity index (χ3v) is 8.31. The molecule has 240 valence electrons. The molecule has 0 aliphatic heterocycles. The van der Waals surface area contributed by atoms with E-state index in [0.29, 0.717) is 17.5 Å². The van der Waals surface area contributed by atoms with Crippen LogP contribution in [0.5, 0.6) is 0 Å². The van der Waals surface area contributed by atoms with Crippen LogP contribution in [0.2, 0.25) is 0 Å². The molecular formula is C45H35N5. The van der Waals surface area contributed by atoms with E-state index in [-0.39, 0.29) is 0 Å². The van der Waals surface area contributed by atoms with Crippen LogP contribution in [-0.4, -0.2) is 25.6 Å². The number of benzene rings is 5. The highest BCUT2D eigenvalue weighted by Gasteiger charge is 2.15. The molecule has 7 aromatic rings. The molecule has 0 N–H and O–H groups in total. The van der Waals surface area contributed by atoms with Gasteiger partial charge in [0.05, 0.1) is 11.4 Å². The molecule has 7 rings (SSSR count). The smallest absolute Gasteiger partial charge is 0.164 e. The van der Waals surface area contributed by atoms with Gasteiger partial charge in [0.25, 0.3) is 0 Å². The maximum Gasteiger partial charge on any atom is 0.164 e. The lowest BCUT2D eigenvalue weighted by Gasteiger charge is -2.13. The molecule has 5 heteroatoms. The van der Waals surface area contributed by atoms with Gasteiger partial charge in [-0.25, -0.2) is 15.0 Å². The molecule has 0 radical (unpaired) electrons. The second-order valence-electron chi connectivity index (χ2n) is 12.1. The fourth-order valence-corrected chi connectivity index (χ4v) is 5.83. The summed E-state index contributed by atoms with van der Waals surface area (Å²) < 4.78 is 0. The zero-order valence-corrected chi connectivity index (χ0v) is 28.1. The predicted molar refractivity (Wildman–Crippen MR) is 207 cm³/mol. The van der Waals surface area contributed by atoms with Crippen molar-refractivity contribution < 1.29 is 0 Å². The van der Waals surface area contributed by atoms with Crippen LogP contribution in [0.15, 0.2) is 176 Å². The van der Waals surface area contributed by atoms with E-state index in [1.807, 2.05) is 92.7 Å². The molecular weight excluding hydrogens is 611 g/mol. The summed E-state index contributed by atoms with van der Waals surface area (Å²) in [6.45, 7) is 11.8. The van der Waals surface area contributed by atoms with Crippen LogP contribution in [0.1, 0.15) is 18.2 Å². The molecule has 5 nitrogen and oxygen atoms in total. The minimum atomic E-state index is 0.598.